The SMILES string of the molecule is Cc1cc(C)cc(NC(=O)/C(C#N)=C\c2cccs2)c1. The summed E-state index contributed by atoms with van der Waals surface area (Å²) in [5.41, 5.74) is 2.95. The lowest BCUT2D eigenvalue weighted by molar-refractivity contribution is -0.112. The van der Waals surface area contributed by atoms with E-state index in [1.807, 2.05) is 55.6 Å². The van der Waals surface area contributed by atoms with Crippen LogP contribution in [0.2, 0.25) is 0 Å². The Bertz CT molecular complexity index is 674. The molecule has 100 valence electrons. The number of anilines is 1. The number of nitrogens with one attached hydrogen (secondary N) is 1. The molecule has 1 heterocycles. The number of nitrogens with zero attached hydrogens (tertiary/aromatic N) is 1. The monoisotopic (exact) mass is 282 g/mol. The summed E-state index contributed by atoms with van der Waals surface area (Å²) in [6, 6.07) is 11.5. The molecule has 1 aromatic carbocycles. The molecule has 0 spiro atoms. The molecule has 1 amide bonds. The summed E-state index contributed by atoms with van der Waals surface area (Å²) in [6.07, 6.45) is 1.60. The van der Waals surface area contributed by atoms with E-state index in [1.54, 1.807) is 6.08 Å². The highest BCUT2D eigenvalue weighted by Crippen LogP contribution is 2.17. The summed E-state index contributed by atoms with van der Waals surface area (Å²) in [5.74, 6) is -0.383. The van der Waals surface area contributed by atoms with Gasteiger partial charge in [0.2, 0.25) is 0 Å². The van der Waals surface area contributed by atoms with E-state index < -0.39 is 0 Å². The van der Waals surface area contributed by atoms with Crippen LogP contribution in [-0.4, -0.2) is 5.91 Å². The van der Waals surface area contributed by atoms with Crippen molar-refractivity contribution in [2.24, 2.45) is 0 Å². The van der Waals surface area contributed by atoms with E-state index in [-0.39, 0.29) is 11.5 Å². The molecule has 4 heteroatoms. The molecule has 2 rings (SSSR count). The lowest BCUT2D eigenvalue weighted by atomic mass is 10.1. The van der Waals surface area contributed by atoms with Crippen LogP contribution in [0.15, 0.2) is 41.3 Å². The maximum absolute atomic E-state index is 12.1. The van der Waals surface area contributed by atoms with Crippen molar-refractivity contribution in [2.75, 3.05) is 5.32 Å². The van der Waals surface area contributed by atoms with E-state index >= 15 is 0 Å². The second-order valence-corrected chi connectivity index (χ2v) is 5.50. The maximum Gasteiger partial charge on any atom is 0.266 e. The topological polar surface area (TPSA) is 52.9 Å². The molecule has 0 saturated heterocycles. The molecule has 0 bridgehead atoms. The predicted octanol–water partition coefficient (Wildman–Crippen LogP) is 3.91. The van der Waals surface area contributed by atoms with Gasteiger partial charge in [0.05, 0.1) is 0 Å². The van der Waals surface area contributed by atoms with Crippen molar-refractivity contribution < 1.29 is 4.79 Å². The largest absolute Gasteiger partial charge is 0.321 e. The van der Waals surface area contributed by atoms with Gasteiger partial charge in [0.15, 0.2) is 0 Å². The van der Waals surface area contributed by atoms with E-state index in [0.717, 1.165) is 16.0 Å². The van der Waals surface area contributed by atoms with Gasteiger partial charge in [0, 0.05) is 10.6 Å². The third-order valence-electron chi connectivity index (χ3n) is 2.67. The average Bonchev–Trinajstić information content (AvgIpc) is 2.87. The van der Waals surface area contributed by atoms with E-state index in [4.69, 9.17) is 5.26 Å². The van der Waals surface area contributed by atoms with Crippen LogP contribution in [0.4, 0.5) is 5.69 Å². The van der Waals surface area contributed by atoms with Crippen molar-refractivity contribution in [3.8, 4) is 6.07 Å². The van der Waals surface area contributed by atoms with Gasteiger partial charge >= 0.3 is 0 Å². The quantitative estimate of drug-likeness (QED) is 0.685. The summed E-state index contributed by atoms with van der Waals surface area (Å²) in [4.78, 5) is 13.0. The highest BCUT2D eigenvalue weighted by molar-refractivity contribution is 7.10. The molecule has 0 radical (unpaired) electrons. The standard InChI is InChI=1S/C16H14N2OS/c1-11-6-12(2)8-14(7-11)18-16(19)13(10-17)9-15-4-3-5-20-15/h3-9H,1-2H3,(H,18,19)/b13-9-. The fraction of sp³-hybridized carbons (Fsp3) is 0.125. The summed E-state index contributed by atoms with van der Waals surface area (Å²) in [7, 11) is 0. The Labute approximate surface area is 122 Å². The van der Waals surface area contributed by atoms with Crippen molar-refractivity contribution in [2.45, 2.75) is 13.8 Å². The Balaban J connectivity index is 2.20. The van der Waals surface area contributed by atoms with Gasteiger partial charge in [-0.25, -0.2) is 0 Å². The minimum atomic E-state index is -0.383. The molecule has 2 aromatic rings. The number of amides is 1. The first-order valence-electron chi connectivity index (χ1n) is 6.13. The first-order valence-corrected chi connectivity index (χ1v) is 7.01. The van der Waals surface area contributed by atoms with Gasteiger partial charge in [-0.3, -0.25) is 4.79 Å². The first-order chi connectivity index (χ1) is 9.58. The average molecular weight is 282 g/mol. The molecule has 0 saturated carbocycles. The highest BCUT2D eigenvalue weighted by atomic mass is 32.1. The van der Waals surface area contributed by atoms with Crippen molar-refractivity contribution in [3.05, 3.63) is 57.3 Å². The number of benzene rings is 1. The Morgan fingerprint density at radius 3 is 2.55 bits per heavy atom. The Morgan fingerprint density at radius 1 is 1.30 bits per heavy atom. The molecule has 0 atom stereocenters. The molecule has 0 aliphatic carbocycles. The predicted molar refractivity (Wildman–Crippen MR) is 82.5 cm³/mol. The molecule has 0 fully saturated rings. The molecule has 1 N–H and O–H groups in total. The molecule has 0 unspecified atom stereocenters. The van der Waals surface area contributed by atoms with Gasteiger partial charge in [-0.1, -0.05) is 12.1 Å². The molecular weight excluding hydrogens is 268 g/mol. The van der Waals surface area contributed by atoms with Gasteiger partial charge in [-0.15, -0.1) is 11.3 Å². The van der Waals surface area contributed by atoms with Crippen molar-refractivity contribution in [3.63, 3.8) is 0 Å². The van der Waals surface area contributed by atoms with Gasteiger partial charge in [-0.05, 0) is 54.6 Å². The number of rotatable bonds is 3. The Hall–Kier alpha value is -2.38. The number of carbonyl (C=O) groups excluding carboxylic acids is 1. The van der Waals surface area contributed by atoms with Gasteiger partial charge < -0.3 is 5.32 Å². The first kappa shape index (κ1) is 14.0. The molecule has 3 nitrogen and oxygen atoms in total. The van der Waals surface area contributed by atoms with Crippen LogP contribution in [0.5, 0.6) is 0 Å². The summed E-state index contributed by atoms with van der Waals surface area (Å²) < 4.78 is 0. The lowest BCUT2D eigenvalue weighted by Gasteiger charge is -2.06. The smallest absolute Gasteiger partial charge is 0.266 e. The molecule has 0 aliphatic heterocycles. The Kier molecular flexibility index (Phi) is 4.34. The lowest BCUT2D eigenvalue weighted by Crippen LogP contribution is -2.13. The number of thiophene rings is 1. The zero-order chi connectivity index (χ0) is 14.5. The summed E-state index contributed by atoms with van der Waals surface area (Å²) in [6.45, 7) is 3.94. The summed E-state index contributed by atoms with van der Waals surface area (Å²) >= 11 is 1.49. The van der Waals surface area contributed by atoms with Crippen molar-refractivity contribution in [1.82, 2.24) is 0 Å². The third kappa shape index (κ3) is 3.56. The van der Waals surface area contributed by atoms with E-state index in [2.05, 4.69) is 5.32 Å². The zero-order valence-electron chi connectivity index (χ0n) is 11.3. The van der Waals surface area contributed by atoms with E-state index in [9.17, 15) is 4.79 Å². The van der Waals surface area contributed by atoms with Crippen molar-refractivity contribution >= 4 is 29.0 Å². The summed E-state index contributed by atoms with van der Waals surface area (Å²) in [5, 5.41) is 13.8. The maximum atomic E-state index is 12.1. The minimum Gasteiger partial charge on any atom is -0.321 e. The fourth-order valence-electron chi connectivity index (χ4n) is 1.91. The number of hydrogen-bond donors (Lipinski definition) is 1. The van der Waals surface area contributed by atoms with Crippen LogP contribution < -0.4 is 5.32 Å². The number of carbonyl (C=O) groups is 1. The van der Waals surface area contributed by atoms with Crippen molar-refractivity contribution in [1.29, 1.82) is 5.26 Å². The van der Waals surface area contributed by atoms with Crippen LogP contribution >= 0.6 is 11.3 Å². The fourth-order valence-corrected chi connectivity index (χ4v) is 2.57. The molecule has 1 aromatic heterocycles. The van der Waals surface area contributed by atoms with E-state index in [1.165, 1.54) is 11.3 Å². The number of hydrogen-bond acceptors (Lipinski definition) is 3. The molecular formula is C16H14N2OS. The van der Waals surface area contributed by atoms with Gasteiger partial charge in [0.25, 0.3) is 5.91 Å². The zero-order valence-corrected chi connectivity index (χ0v) is 12.1. The highest BCUT2D eigenvalue weighted by Gasteiger charge is 2.10. The van der Waals surface area contributed by atoms with Gasteiger partial charge in [-0.2, -0.15) is 5.26 Å². The van der Waals surface area contributed by atoms with Crippen LogP contribution in [0.3, 0.4) is 0 Å². The third-order valence-corrected chi connectivity index (χ3v) is 3.49. The molecule has 0 aliphatic rings. The minimum absolute atomic E-state index is 0.103. The Morgan fingerprint density at radius 2 is 2.00 bits per heavy atom. The molecule has 20 heavy (non-hydrogen) atoms. The van der Waals surface area contributed by atoms with Crippen LogP contribution in [0.25, 0.3) is 6.08 Å². The van der Waals surface area contributed by atoms with Crippen LogP contribution in [0, 0.1) is 25.2 Å². The second kappa shape index (κ2) is 6.18. The van der Waals surface area contributed by atoms with Crippen LogP contribution in [0.1, 0.15) is 16.0 Å². The van der Waals surface area contributed by atoms with E-state index in [0.29, 0.717) is 5.69 Å². The normalized spacial score (nSPS) is 10.9. The van der Waals surface area contributed by atoms with Gasteiger partial charge in [0.1, 0.15) is 11.6 Å². The number of aryl methyl sites for hydroxylation is 2. The second-order valence-electron chi connectivity index (χ2n) is 4.52. The van der Waals surface area contributed by atoms with Crippen LogP contribution in [-0.2, 0) is 4.79 Å². The number of nitriles is 1.